The maximum absolute atomic E-state index is 12.0. The van der Waals surface area contributed by atoms with Crippen LogP contribution in [0.3, 0.4) is 0 Å². The van der Waals surface area contributed by atoms with Crippen molar-refractivity contribution in [3.63, 3.8) is 0 Å². The first kappa shape index (κ1) is 14.3. The second kappa shape index (κ2) is 6.43. The van der Waals surface area contributed by atoms with Gasteiger partial charge in [-0.15, -0.1) is 0 Å². The van der Waals surface area contributed by atoms with Crippen molar-refractivity contribution >= 4 is 11.8 Å². The number of esters is 1. The number of hydrogen-bond acceptors (Lipinski definition) is 5. The van der Waals surface area contributed by atoms with E-state index < -0.39 is 0 Å². The minimum absolute atomic E-state index is 0.305. The first-order valence-corrected chi connectivity index (χ1v) is 7.83. The zero-order chi connectivity index (χ0) is 14.7. The van der Waals surface area contributed by atoms with Crippen molar-refractivity contribution in [1.29, 1.82) is 0 Å². The Kier molecular flexibility index (Phi) is 4.39. The van der Waals surface area contributed by atoms with Gasteiger partial charge in [-0.05, 0) is 44.4 Å². The van der Waals surface area contributed by atoms with Crippen LogP contribution in [0, 0.1) is 0 Å². The molecule has 21 heavy (non-hydrogen) atoms. The van der Waals surface area contributed by atoms with Crippen molar-refractivity contribution in [1.82, 2.24) is 10.3 Å². The number of aromatic nitrogens is 1. The van der Waals surface area contributed by atoms with Crippen LogP contribution in [-0.2, 0) is 4.74 Å². The summed E-state index contributed by atoms with van der Waals surface area (Å²) in [5.41, 5.74) is 0.572. The fourth-order valence-electron chi connectivity index (χ4n) is 3.01. The van der Waals surface area contributed by atoms with Crippen LogP contribution >= 0.6 is 0 Å². The highest BCUT2D eigenvalue weighted by Gasteiger charge is 2.34. The molecule has 1 saturated heterocycles. The molecule has 0 radical (unpaired) electrons. The van der Waals surface area contributed by atoms with Crippen LogP contribution in [0.25, 0.3) is 0 Å². The summed E-state index contributed by atoms with van der Waals surface area (Å²) in [4.78, 5) is 18.7. The van der Waals surface area contributed by atoms with Gasteiger partial charge in [-0.2, -0.15) is 0 Å². The lowest BCUT2D eigenvalue weighted by molar-refractivity contribution is 0.0601. The zero-order valence-corrected chi connectivity index (χ0v) is 12.5. The predicted octanol–water partition coefficient (Wildman–Crippen LogP) is 1.98. The molecule has 1 aromatic heterocycles. The molecule has 0 bridgehead atoms. The van der Waals surface area contributed by atoms with Crippen LogP contribution in [0.15, 0.2) is 18.3 Å². The van der Waals surface area contributed by atoms with Crippen LogP contribution < -0.4 is 10.2 Å². The minimum atomic E-state index is -0.305. The lowest BCUT2D eigenvalue weighted by atomic mass is 10.0. The molecule has 3 rings (SSSR count). The number of nitrogens with one attached hydrogen (secondary N) is 1. The minimum Gasteiger partial charge on any atom is -0.465 e. The molecule has 0 aromatic carbocycles. The van der Waals surface area contributed by atoms with E-state index in [0.29, 0.717) is 17.6 Å². The fraction of sp³-hybridized carbons (Fsp3) is 0.625. The van der Waals surface area contributed by atoms with Gasteiger partial charge in [0, 0.05) is 24.8 Å². The third-order valence-corrected chi connectivity index (χ3v) is 4.28. The summed E-state index contributed by atoms with van der Waals surface area (Å²) >= 11 is 0. The number of carbonyl (C=O) groups excluding carboxylic acids is 1. The van der Waals surface area contributed by atoms with E-state index in [0.717, 1.165) is 18.9 Å². The van der Waals surface area contributed by atoms with Crippen LogP contribution in [0.1, 0.15) is 42.5 Å². The summed E-state index contributed by atoms with van der Waals surface area (Å²) < 4.78 is 4.90. The van der Waals surface area contributed by atoms with E-state index in [1.165, 1.54) is 39.2 Å². The molecule has 5 heteroatoms. The predicted molar refractivity (Wildman–Crippen MR) is 81.6 cm³/mol. The molecular formula is C16H23N3O2. The SMILES string of the molecule is COC(=O)c1cccnc1N(CC1CCCCN1)C1CC1. The molecule has 1 N–H and O–H groups in total. The highest BCUT2D eigenvalue weighted by Crippen LogP contribution is 2.33. The van der Waals surface area contributed by atoms with Gasteiger partial charge in [0.25, 0.3) is 0 Å². The summed E-state index contributed by atoms with van der Waals surface area (Å²) in [6.07, 6.45) is 7.86. The molecule has 114 valence electrons. The molecule has 2 aliphatic rings. The van der Waals surface area contributed by atoms with Gasteiger partial charge < -0.3 is 15.0 Å². The first-order valence-electron chi connectivity index (χ1n) is 7.83. The summed E-state index contributed by atoms with van der Waals surface area (Å²) in [6.45, 7) is 2.01. The molecular weight excluding hydrogens is 266 g/mol. The molecule has 1 aliphatic heterocycles. The molecule has 1 atom stereocenters. The number of piperidine rings is 1. The Bertz CT molecular complexity index is 496. The van der Waals surface area contributed by atoms with E-state index in [9.17, 15) is 4.79 Å². The quantitative estimate of drug-likeness (QED) is 0.840. The molecule has 1 aliphatic carbocycles. The van der Waals surface area contributed by atoms with Crippen LogP contribution in [-0.4, -0.2) is 43.2 Å². The van der Waals surface area contributed by atoms with Crippen LogP contribution in [0.4, 0.5) is 5.82 Å². The monoisotopic (exact) mass is 289 g/mol. The highest BCUT2D eigenvalue weighted by atomic mass is 16.5. The van der Waals surface area contributed by atoms with E-state index in [1.54, 1.807) is 18.3 Å². The van der Waals surface area contributed by atoms with E-state index >= 15 is 0 Å². The number of ether oxygens (including phenoxy) is 1. The Hall–Kier alpha value is -1.62. The molecule has 2 fully saturated rings. The van der Waals surface area contributed by atoms with Crippen molar-refractivity contribution in [2.24, 2.45) is 0 Å². The largest absolute Gasteiger partial charge is 0.465 e. The maximum Gasteiger partial charge on any atom is 0.341 e. The summed E-state index contributed by atoms with van der Waals surface area (Å²) in [5.74, 6) is 0.472. The summed E-state index contributed by atoms with van der Waals surface area (Å²) in [5, 5.41) is 3.58. The van der Waals surface area contributed by atoms with Crippen LogP contribution in [0.5, 0.6) is 0 Å². The van der Waals surface area contributed by atoms with Crippen molar-refractivity contribution in [2.75, 3.05) is 25.1 Å². The molecule has 0 spiro atoms. The van der Waals surface area contributed by atoms with Crippen molar-refractivity contribution in [3.8, 4) is 0 Å². The standard InChI is InChI=1S/C16H23N3O2/c1-21-16(20)14-6-4-10-18-15(14)19(13-7-8-13)11-12-5-2-3-9-17-12/h4,6,10,12-13,17H,2-3,5,7-9,11H2,1H3. The van der Waals surface area contributed by atoms with Gasteiger partial charge in [-0.25, -0.2) is 9.78 Å². The smallest absolute Gasteiger partial charge is 0.341 e. The number of carbonyl (C=O) groups is 1. The lowest BCUT2D eigenvalue weighted by Gasteiger charge is -2.32. The van der Waals surface area contributed by atoms with Gasteiger partial charge in [0.2, 0.25) is 0 Å². The second-order valence-electron chi connectivity index (χ2n) is 5.90. The average molecular weight is 289 g/mol. The zero-order valence-electron chi connectivity index (χ0n) is 12.5. The number of rotatable bonds is 5. The summed E-state index contributed by atoms with van der Waals surface area (Å²) in [6, 6.07) is 4.61. The Morgan fingerprint density at radius 1 is 1.43 bits per heavy atom. The Morgan fingerprint density at radius 2 is 2.29 bits per heavy atom. The Labute approximate surface area is 125 Å². The topological polar surface area (TPSA) is 54.5 Å². The molecule has 5 nitrogen and oxygen atoms in total. The third-order valence-electron chi connectivity index (χ3n) is 4.28. The van der Waals surface area contributed by atoms with Gasteiger partial charge in [0.05, 0.1) is 7.11 Å². The molecule has 1 saturated carbocycles. The van der Waals surface area contributed by atoms with Crippen molar-refractivity contribution in [3.05, 3.63) is 23.9 Å². The molecule has 0 amide bonds. The second-order valence-corrected chi connectivity index (χ2v) is 5.90. The fourth-order valence-corrected chi connectivity index (χ4v) is 3.01. The Balaban J connectivity index is 1.82. The third kappa shape index (κ3) is 3.35. The number of hydrogen-bond donors (Lipinski definition) is 1. The van der Waals surface area contributed by atoms with E-state index in [2.05, 4.69) is 15.2 Å². The van der Waals surface area contributed by atoms with Gasteiger partial charge in [-0.3, -0.25) is 0 Å². The summed E-state index contributed by atoms with van der Waals surface area (Å²) in [7, 11) is 1.42. The molecule has 2 heterocycles. The average Bonchev–Trinajstić information content (AvgIpc) is 3.38. The lowest BCUT2D eigenvalue weighted by Crippen LogP contribution is -2.45. The number of nitrogens with zero attached hydrogens (tertiary/aromatic N) is 2. The highest BCUT2D eigenvalue weighted by molar-refractivity contribution is 5.94. The van der Waals surface area contributed by atoms with Gasteiger partial charge >= 0.3 is 5.97 Å². The van der Waals surface area contributed by atoms with Crippen LogP contribution in [0.2, 0.25) is 0 Å². The van der Waals surface area contributed by atoms with Crippen molar-refractivity contribution in [2.45, 2.75) is 44.2 Å². The van der Waals surface area contributed by atoms with E-state index in [-0.39, 0.29) is 5.97 Å². The van der Waals surface area contributed by atoms with Gasteiger partial charge in [0.1, 0.15) is 11.4 Å². The molecule has 1 aromatic rings. The maximum atomic E-state index is 12.0. The number of pyridine rings is 1. The van der Waals surface area contributed by atoms with Gasteiger partial charge in [-0.1, -0.05) is 6.42 Å². The van der Waals surface area contributed by atoms with E-state index in [4.69, 9.17) is 4.74 Å². The van der Waals surface area contributed by atoms with E-state index in [1.807, 2.05) is 0 Å². The van der Waals surface area contributed by atoms with Gasteiger partial charge in [0.15, 0.2) is 0 Å². The number of anilines is 1. The normalized spacial score (nSPS) is 21.9. The Morgan fingerprint density at radius 3 is 2.95 bits per heavy atom. The van der Waals surface area contributed by atoms with Crippen molar-refractivity contribution < 1.29 is 9.53 Å². The number of methoxy groups -OCH3 is 1. The molecule has 1 unspecified atom stereocenters. The first-order chi connectivity index (χ1) is 10.3.